The van der Waals surface area contributed by atoms with Gasteiger partial charge in [0.25, 0.3) is 0 Å². The molecule has 0 spiro atoms. The predicted octanol–water partition coefficient (Wildman–Crippen LogP) is 4.24. The van der Waals surface area contributed by atoms with Crippen molar-refractivity contribution < 1.29 is 33.3 Å². The minimum Gasteiger partial charge on any atom is -0.496 e. The van der Waals surface area contributed by atoms with Gasteiger partial charge in [0, 0.05) is 31.1 Å². The van der Waals surface area contributed by atoms with Crippen LogP contribution in [0.1, 0.15) is 46.4 Å². The summed E-state index contributed by atoms with van der Waals surface area (Å²) in [6, 6.07) is 6.33. The molecule has 3 rings (SSSR count). The highest BCUT2D eigenvalue weighted by molar-refractivity contribution is 6.33. The van der Waals surface area contributed by atoms with E-state index >= 15 is 0 Å². The van der Waals surface area contributed by atoms with Crippen molar-refractivity contribution in [2.24, 2.45) is 0 Å². The van der Waals surface area contributed by atoms with Gasteiger partial charge in [-0.1, -0.05) is 11.6 Å². The molecule has 1 saturated heterocycles. The predicted molar refractivity (Wildman–Crippen MR) is 137 cm³/mol. The van der Waals surface area contributed by atoms with Gasteiger partial charge in [-0.25, -0.2) is 4.79 Å². The van der Waals surface area contributed by atoms with Crippen LogP contribution in [-0.4, -0.2) is 70.8 Å². The third-order valence-electron chi connectivity index (χ3n) is 6.21. The number of nitrogens with zero attached hydrogens (tertiary/aromatic N) is 1. The third kappa shape index (κ3) is 6.53. The molecular weight excluding hydrogens is 488 g/mol. The molecule has 2 aromatic carbocycles. The van der Waals surface area contributed by atoms with E-state index in [1.54, 1.807) is 12.1 Å². The number of ketones is 1. The van der Waals surface area contributed by atoms with Gasteiger partial charge in [0.15, 0.2) is 17.3 Å². The second-order valence-electron chi connectivity index (χ2n) is 8.46. The van der Waals surface area contributed by atoms with E-state index in [-0.39, 0.29) is 22.5 Å². The molecule has 1 fully saturated rings. The summed E-state index contributed by atoms with van der Waals surface area (Å²) >= 11 is 6.07. The number of ether oxygens (including phenoxy) is 5. The maximum Gasteiger partial charge on any atom is 0.342 e. The van der Waals surface area contributed by atoms with Crippen LogP contribution in [-0.2, 0) is 4.74 Å². The van der Waals surface area contributed by atoms with E-state index in [4.69, 9.17) is 41.0 Å². The molecule has 0 saturated carbocycles. The van der Waals surface area contributed by atoms with Crippen LogP contribution in [0.25, 0.3) is 0 Å². The number of nitrogen functional groups attached to an aromatic ring is 1. The van der Waals surface area contributed by atoms with Crippen molar-refractivity contribution in [3.8, 4) is 23.0 Å². The molecule has 9 nitrogen and oxygen atoms in total. The van der Waals surface area contributed by atoms with E-state index in [2.05, 4.69) is 4.90 Å². The Morgan fingerprint density at radius 1 is 0.944 bits per heavy atom. The van der Waals surface area contributed by atoms with Crippen molar-refractivity contribution in [2.75, 3.05) is 53.8 Å². The summed E-state index contributed by atoms with van der Waals surface area (Å²) in [5.41, 5.74) is 6.90. The molecule has 2 N–H and O–H groups in total. The monoisotopic (exact) mass is 520 g/mol. The van der Waals surface area contributed by atoms with E-state index in [1.165, 1.54) is 40.6 Å². The van der Waals surface area contributed by atoms with Crippen molar-refractivity contribution in [1.82, 2.24) is 4.90 Å². The van der Waals surface area contributed by atoms with Crippen molar-refractivity contribution in [3.63, 3.8) is 0 Å². The molecule has 0 atom stereocenters. The first-order valence-electron chi connectivity index (χ1n) is 11.7. The molecule has 36 heavy (non-hydrogen) atoms. The third-order valence-corrected chi connectivity index (χ3v) is 6.54. The van der Waals surface area contributed by atoms with E-state index < -0.39 is 5.97 Å². The van der Waals surface area contributed by atoms with Crippen LogP contribution >= 0.6 is 11.6 Å². The number of piperidine rings is 1. The lowest BCUT2D eigenvalue weighted by atomic mass is 10.0. The van der Waals surface area contributed by atoms with Crippen LogP contribution in [0.15, 0.2) is 24.3 Å². The van der Waals surface area contributed by atoms with E-state index in [1.807, 2.05) is 0 Å². The SMILES string of the molecule is COc1cc(N)c(Cl)cc1C(=O)OC1CCN(CCCC(=O)c2cc(OC)c(OC)c(OC)c2)CC1. The van der Waals surface area contributed by atoms with Gasteiger partial charge in [-0.2, -0.15) is 0 Å². The average Bonchev–Trinajstić information content (AvgIpc) is 2.89. The second kappa shape index (κ2) is 12.7. The molecule has 1 aliphatic heterocycles. The summed E-state index contributed by atoms with van der Waals surface area (Å²) in [5, 5.41) is 0.277. The molecule has 10 heteroatoms. The molecule has 0 bridgehead atoms. The second-order valence-corrected chi connectivity index (χ2v) is 8.87. The zero-order valence-corrected chi connectivity index (χ0v) is 21.9. The number of nitrogens with two attached hydrogens (primary N) is 1. The lowest BCUT2D eigenvalue weighted by Gasteiger charge is -2.31. The van der Waals surface area contributed by atoms with Crippen molar-refractivity contribution in [2.45, 2.75) is 31.8 Å². The Hall–Kier alpha value is -3.17. The van der Waals surface area contributed by atoms with Gasteiger partial charge in [0.2, 0.25) is 5.75 Å². The molecule has 1 heterocycles. The number of carbonyl (C=O) groups is 2. The molecule has 0 amide bonds. The number of rotatable bonds is 11. The highest BCUT2D eigenvalue weighted by Crippen LogP contribution is 2.38. The van der Waals surface area contributed by atoms with Gasteiger partial charge in [0.05, 0.1) is 39.1 Å². The number of Topliss-reactive ketones (excluding diaryl/α,β-unsaturated/α-hetero) is 1. The van der Waals surface area contributed by atoms with E-state index in [9.17, 15) is 9.59 Å². The lowest BCUT2D eigenvalue weighted by Crippen LogP contribution is -2.38. The van der Waals surface area contributed by atoms with Gasteiger partial charge in [0.1, 0.15) is 17.4 Å². The van der Waals surface area contributed by atoms with Crippen LogP contribution in [0.2, 0.25) is 5.02 Å². The van der Waals surface area contributed by atoms with Crippen LogP contribution < -0.4 is 24.7 Å². The standard InChI is InChI=1S/C26H33ClN2O7/c1-32-22-15-20(28)19(27)14-18(22)26(31)36-17-7-10-29(11-8-17)9-5-6-21(30)16-12-23(33-2)25(35-4)24(13-16)34-3/h12-15,17H,5-11,28H2,1-4H3. The minimum absolute atomic E-state index is 0.00850. The average molecular weight is 521 g/mol. The van der Waals surface area contributed by atoms with E-state index in [0.29, 0.717) is 59.9 Å². The largest absolute Gasteiger partial charge is 0.496 e. The number of methoxy groups -OCH3 is 4. The van der Waals surface area contributed by atoms with Crippen LogP contribution in [0, 0.1) is 0 Å². The molecule has 196 valence electrons. The fourth-order valence-electron chi connectivity index (χ4n) is 4.21. The van der Waals surface area contributed by atoms with Gasteiger partial charge in [-0.3, -0.25) is 4.79 Å². The quantitative estimate of drug-likeness (QED) is 0.264. The zero-order chi connectivity index (χ0) is 26.2. The molecule has 0 unspecified atom stereocenters. The number of halogens is 1. The zero-order valence-electron chi connectivity index (χ0n) is 21.1. The lowest BCUT2D eigenvalue weighted by molar-refractivity contribution is 0.0109. The smallest absolute Gasteiger partial charge is 0.342 e. The molecule has 0 aromatic heterocycles. The number of esters is 1. The van der Waals surface area contributed by atoms with E-state index in [0.717, 1.165) is 19.6 Å². The number of carbonyl (C=O) groups excluding carboxylic acids is 2. The number of hydrogen-bond acceptors (Lipinski definition) is 9. The number of hydrogen-bond donors (Lipinski definition) is 1. The Bertz CT molecular complexity index is 1060. The van der Waals surface area contributed by atoms with Crippen LogP contribution in [0.3, 0.4) is 0 Å². The highest BCUT2D eigenvalue weighted by atomic mass is 35.5. The molecule has 1 aliphatic rings. The normalized spacial score (nSPS) is 14.2. The Balaban J connectivity index is 1.47. The maximum absolute atomic E-state index is 12.8. The maximum atomic E-state index is 12.8. The highest BCUT2D eigenvalue weighted by Gasteiger charge is 2.25. The Morgan fingerprint density at radius 2 is 1.56 bits per heavy atom. The summed E-state index contributed by atoms with van der Waals surface area (Å²) in [4.78, 5) is 27.7. The minimum atomic E-state index is -0.483. The van der Waals surface area contributed by atoms with Crippen molar-refractivity contribution in [1.29, 1.82) is 0 Å². The molecule has 2 aromatic rings. The van der Waals surface area contributed by atoms with Gasteiger partial charge in [-0.15, -0.1) is 0 Å². The molecular formula is C26H33ClN2O7. The summed E-state index contributed by atoms with van der Waals surface area (Å²) < 4.78 is 26.9. The van der Waals surface area contributed by atoms with Crippen molar-refractivity contribution in [3.05, 3.63) is 40.4 Å². The number of benzene rings is 2. The fourth-order valence-corrected chi connectivity index (χ4v) is 4.38. The van der Waals surface area contributed by atoms with Gasteiger partial charge < -0.3 is 34.3 Å². The summed E-state index contributed by atoms with van der Waals surface area (Å²) in [6.45, 7) is 2.32. The topological polar surface area (TPSA) is 110 Å². The first-order valence-corrected chi connectivity index (χ1v) is 12.1. The summed E-state index contributed by atoms with van der Waals surface area (Å²) in [6.07, 6.45) is 2.32. The van der Waals surface area contributed by atoms with Crippen LogP contribution in [0.5, 0.6) is 23.0 Å². The van der Waals surface area contributed by atoms with Crippen molar-refractivity contribution >= 4 is 29.0 Å². The fraction of sp³-hybridized carbons (Fsp3) is 0.462. The van der Waals surface area contributed by atoms with Gasteiger partial charge in [-0.05, 0) is 44.0 Å². The molecule has 0 radical (unpaired) electrons. The summed E-state index contributed by atoms with van der Waals surface area (Å²) in [7, 11) is 6.03. The first kappa shape index (κ1) is 27.4. The Morgan fingerprint density at radius 3 is 2.11 bits per heavy atom. The Labute approximate surface area is 216 Å². The summed E-state index contributed by atoms with van der Waals surface area (Å²) in [5.74, 6) is 1.22. The Kier molecular flexibility index (Phi) is 9.66. The number of anilines is 1. The molecule has 0 aliphatic carbocycles. The first-order chi connectivity index (χ1) is 17.3. The van der Waals surface area contributed by atoms with Crippen LogP contribution in [0.4, 0.5) is 5.69 Å². The number of likely N-dealkylation sites (tertiary alicyclic amines) is 1. The van der Waals surface area contributed by atoms with Gasteiger partial charge >= 0.3 is 5.97 Å².